The molecule has 0 spiro atoms. The highest BCUT2D eigenvalue weighted by Crippen LogP contribution is 2.20. The van der Waals surface area contributed by atoms with Crippen LogP contribution < -0.4 is 0 Å². The fraction of sp³-hybridized carbons (Fsp3) is 0.375. The van der Waals surface area contributed by atoms with Gasteiger partial charge in [-0.15, -0.1) is 0 Å². The van der Waals surface area contributed by atoms with E-state index in [1.54, 1.807) is 12.1 Å². The maximum atomic E-state index is 13.0. The molecule has 130 valence electrons. The Morgan fingerprint density at radius 2 is 1.79 bits per heavy atom. The summed E-state index contributed by atoms with van der Waals surface area (Å²) in [5.41, 5.74) is 0. The number of nitrogens with zero attached hydrogens (tertiary/aromatic N) is 2. The minimum Gasteiger partial charge on any atom is -0.467 e. The first-order valence-corrected chi connectivity index (χ1v) is 9.10. The quantitative estimate of drug-likeness (QED) is 0.880. The van der Waals surface area contributed by atoms with Crippen molar-refractivity contribution < 1.29 is 22.3 Å². The summed E-state index contributed by atoms with van der Waals surface area (Å²) in [6.45, 7) is 2.06. The minimum absolute atomic E-state index is 0.0907. The van der Waals surface area contributed by atoms with Gasteiger partial charge >= 0.3 is 0 Å². The molecule has 24 heavy (non-hydrogen) atoms. The van der Waals surface area contributed by atoms with Crippen molar-refractivity contribution in [2.24, 2.45) is 0 Å². The van der Waals surface area contributed by atoms with Crippen molar-refractivity contribution in [3.8, 4) is 0 Å². The van der Waals surface area contributed by atoms with Crippen LogP contribution in [0.2, 0.25) is 0 Å². The standard InChI is InChI=1S/C16H19FN2O4S/c17-13-3-5-14(6-4-13)24(21,22)19-9-7-18(8-10-19)12-15(20)16-2-1-11-23-16/h1-6,11,15,20H,7-10,12H2/t15-/m0/s1. The Morgan fingerprint density at radius 3 is 2.38 bits per heavy atom. The summed E-state index contributed by atoms with van der Waals surface area (Å²) < 4.78 is 44.6. The Balaban J connectivity index is 1.59. The van der Waals surface area contributed by atoms with Gasteiger partial charge in [-0.25, -0.2) is 12.8 Å². The topological polar surface area (TPSA) is 74.0 Å². The molecule has 2 heterocycles. The highest BCUT2D eigenvalue weighted by molar-refractivity contribution is 7.89. The van der Waals surface area contributed by atoms with Crippen molar-refractivity contribution in [2.45, 2.75) is 11.0 Å². The molecule has 1 aromatic heterocycles. The number of halogens is 1. The normalized spacial score (nSPS) is 18.6. The van der Waals surface area contributed by atoms with Crippen molar-refractivity contribution in [3.63, 3.8) is 0 Å². The lowest BCUT2D eigenvalue weighted by Gasteiger charge is -2.34. The third-order valence-electron chi connectivity index (χ3n) is 4.09. The predicted octanol–water partition coefficient (Wildman–Crippen LogP) is 1.46. The summed E-state index contributed by atoms with van der Waals surface area (Å²) >= 11 is 0. The second-order valence-electron chi connectivity index (χ2n) is 5.69. The summed E-state index contributed by atoms with van der Waals surface area (Å²) in [5.74, 6) is 0.0297. The first kappa shape index (κ1) is 17.1. The van der Waals surface area contributed by atoms with E-state index in [-0.39, 0.29) is 4.90 Å². The first-order valence-electron chi connectivity index (χ1n) is 7.66. The van der Waals surface area contributed by atoms with E-state index < -0.39 is 21.9 Å². The van der Waals surface area contributed by atoms with Crippen LogP contribution in [0.25, 0.3) is 0 Å². The molecule has 0 saturated carbocycles. The molecule has 1 N–H and O–H groups in total. The van der Waals surface area contributed by atoms with Crippen molar-refractivity contribution in [1.82, 2.24) is 9.21 Å². The van der Waals surface area contributed by atoms with E-state index in [0.717, 1.165) is 12.1 Å². The third-order valence-corrected chi connectivity index (χ3v) is 6.00. The molecule has 1 aromatic carbocycles. The average molecular weight is 354 g/mol. The van der Waals surface area contributed by atoms with Gasteiger partial charge in [0.05, 0.1) is 11.2 Å². The van der Waals surface area contributed by atoms with E-state index in [9.17, 15) is 17.9 Å². The SMILES string of the molecule is O=S(=O)(c1ccc(F)cc1)N1CCN(C[C@H](O)c2ccco2)CC1. The summed E-state index contributed by atoms with van der Waals surface area (Å²) in [7, 11) is -3.61. The minimum atomic E-state index is -3.61. The van der Waals surface area contributed by atoms with Gasteiger partial charge in [0.25, 0.3) is 0 Å². The highest BCUT2D eigenvalue weighted by atomic mass is 32.2. The fourth-order valence-corrected chi connectivity index (χ4v) is 4.15. The van der Waals surface area contributed by atoms with Gasteiger partial charge in [-0.2, -0.15) is 4.31 Å². The monoisotopic (exact) mass is 354 g/mol. The largest absolute Gasteiger partial charge is 0.467 e. The number of sulfonamides is 1. The lowest BCUT2D eigenvalue weighted by Crippen LogP contribution is -2.49. The molecule has 1 atom stereocenters. The van der Waals surface area contributed by atoms with Gasteiger partial charge in [-0.05, 0) is 36.4 Å². The van der Waals surface area contributed by atoms with E-state index in [2.05, 4.69) is 0 Å². The van der Waals surface area contributed by atoms with Crippen LogP contribution in [0.5, 0.6) is 0 Å². The van der Waals surface area contributed by atoms with Crippen LogP contribution in [0.3, 0.4) is 0 Å². The number of hydrogen-bond donors (Lipinski definition) is 1. The van der Waals surface area contributed by atoms with Gasteiger partial charge < -0.3 is 9.52 Å². The van der Waals surface area contributed by atoms with Gasteiger partial charge in [-0.3, -0.25) is 4.90 Å². The van der Waals surface area contributed by atoms with Gasteiger partial charge in [0.15, 0.2) is 0 Å². The molecule has 1 fully saturated rings. The first-order chi connectivity index (χ1) is 11.5. The number of β-amino-alcohol motifs (C(OH)–C–C–N with tert-alkyl or cyclic N) is 1. The molecule has 0 amide bonds. The molecular weight excluding hydrogens is 335 g/mol. The van der Waals surface area contributed by atoms with Crippen molar-refractivity contribution >= 4 is 10.0 Å². The molecule has 0 radical (unpaired) electrons. The van der Waals surface area contributed by atoms with Crippen LogP contribution in [0, 0.1) is 5.82 Å². The number of furan rings is 1. The Hall–Kier alpha value is -1.74. The Kier molecular flexibility index (Phi) is 5.00. The van der Waals surface area contributed by atoms with Crippen LogP contribution in [0.15, 0.2) is 52.0 Å². The van der Waals surface area contributed by atoms with Gasteiger partial charge in [0.1, 0.15) is 17.7 Å². The van der Waals surface area contributed by atoms with E-state index in [1.807, 2.05) is 4.90 Å². The maximum absolute atomic E-state index is 13.0. The smallest absolute Gasteiger partial charge is 0.243 e. The van der Waals surface area contributed by atoms with Crippen molar-refractivity contribution in [3.05, 3.63) is 54.2 Å². The average Bonchev–Trinajstić information content (AvgIpc) is 3.10. The molecule has 2 aromatic rings. The lowest BCUT2D eigenvalue weighted by molar-refractivity contribution is 0.0776. The number of hydrogen-bond acceptors (Lipinski definition) is 5. The van der Waals surface area contributed by atoms with Gasteiger partial charge in [0.2, 0.25) is 10.0 Å². The number of benzene rings is 1. The molecule has 0 aliphatic carbocycles. The number of piperazine rings is 1. The molecule has 8 heteroatoms. The second-order valence-corrected chi connectivity index (χ2v) is 7.63. The van der Waals surface area contributed by atoms with E-state index in [1.165, 1.54) is 22.7 Å². The number of aliphatic hydroxyl groups is 1. The second kappa shape index (κ2) is 7.02. The summed E-state index contributed by atoms with van der Waals surface area (Å²) in [6, 6.07) is 8.26. The summed E-state index contributed by atoms with van der Waals surface area (Å²) in [4.78, 5) is 2.08. The lowest BCUT2D eigenvalue weighted by atomic mass is 10.2. The molecular formula is C16H19FN2O4S. The number of rotatable bonds is 5. The Morgan fingerprint density at radius 1 is 1.12 bits per heavy atom. The fourth-order valence-electron chi connectivity index (χ4n) is 2.72. The summed E-state index contributed by atoms with van der Waals surface area (Å²) in [6.07, 6.45) is 0.770. The zero-order valence-corrected chi connectivity index (χ0v) is 13.8. The molecule has 3 rings (SSSR count). The van der Waals surface area contributed by atoms with Gasteiger partial charge in [0, 0.05) is 32.7 Å². The molecule has 1 saturated heterocycles. The molecule has 1 aliphatic rings. The molecule has 0 bridgehead atoms. The highest BCUT2D eigenvalue weighted by Gasteiger charge is 2.29. The zero-order chi connectivity index (χ0) is 17.2. The molecule has 0 unspecified atom stereocenters. The van der Waals surface area contributed by atoms with E-state index in [4.69, 9.17) is 4.42 Å². The van der Waals surface area contributed by atoms with Crippen LogP contribution in [-0.2, 0) is 10.0 Å². The Labute approximate surface area is 140 Å². The van der Waals surface area contributed by atoms with Crippen LogP contribution in [0.4, 0.5) is 4.39 Å². The van der Waals surface area contributed by atoms with Crippen LogP contribution in [0.1, 0.15) is 11.9 Å². The summed E-state index contributed by atoms with van der Waals surface area (Å²) in [5, 5.41) is 10.1. The molecule has 1 aliphatic heterocycles. The van der Waals surface area contributed by atoms with Crippen molar-refractivity contribution in [1.29, 1.82) is 0 Å². The number of aliphatic hydroxyl groups excluding tert-OH is 1. The van der Waals surface area contributed by atoms with Crippen LogP contribution >= 0.6 is 0 Å². The zero-order valence-electron chi connectivity index (χ0n) is 13.0. The van der Waals surface area contributed by atoms with Crippen molar-refractivity contribution in [2.75, 3.05) is 32.7 Å². The predicted molar refractivity (Wildman–Crippen MR) is 85.3 cm³/mol. The van der Waals surface area contributed by atoms with Crippen LogP contribution in [-0.4, -0.2) is 55.5 Å². The third kappa shape index (κ3) is 3.67. The van der Waals surface area contributed by atoms with E-state index >= 15 is 0 Å². The maximum Gasteiger partial charge on any atom is 0.243 e. The van der Waals surface area contributed by atoms with E-state index in [0.29, 0.717) is 38.5 Å². The molecule has 6 nitrogen and oxygen atoms in total. The van der Waals surface area contributed by atoms with Gasteiger partial charge in [-0.1, -0.05) is 0 Å². The Bertz CT molecular complexity index is 754.